The molecule has 1 aliphatic rings. The van der Waals surface area contributed by atoms with E-state index < -0.39 is 23.9 Å². The van der Waals surface area contributed by atoms with E-state index in [0.29, 0.717) is 0 Å². The maximum atomic E-state index is 12.2. The van der Waals surface area contributed by atoms with Crippen LogP contribution in [0, 0.1) is 0 Å². The van der Waals surface area contributed by atoms with E-state index in [1.807, 2.05) is 0 Å². The van der Waals surface area contributed by atoms with Crippen molar-refractivity contribution in [1.82, 2.24) is 0 Å². The van der Waals surface area contributed by atoms with E-state index in [-0.39, 0.29) is 57.1 Å². The molecule has 220 valence electrons. The summed E-state index contributed by atoms with van der Waals surface area (Å²) in [6.45, 7) is 20.7. The largest absolute Gasteiger partial charge is 0.423 e. The molecule has 42 heavy (non-hydrogen) atoms. The molecule has 3 rings (SSSR count). The van der Waals surface area contributed by atoms with Crippen molar-refractivity contribution >= 4 is 23.9 Å². The number of carbonyl (C=O) groups is 4. The Morgan fingerprint density at radius 3 is 0.881 bits per heavy atom. The molecule has 0 spiro atoms. The lowest BCUT2D eigenvalue weighted by atomic mass is 9.76. The van der Waals surface area contributed by atoms with Crippen LogP contribution in [0.1, 0.15) is 76.3 Å². The summed E-state index contributed by atoms with van der Waals surface area (Å²) in [6, 6.07) is 10.1. The quantitative estimate of drug-likeness (QED) is 0.169. The second kappa shape index (κ2) is 13.8. The Bertz CT molecular complexity index is 1270. The van der Waals surface area contributed by atoms with Crippen LogP contribution < -0.4 is 18.9 Å². The second-order valence-electron chi connectivity index (χ2n) is 10.7. The number of esters is 4. The Morgan fingerprint density at radius 2 is 0.690 bits per heavy atom. The topological polar surface area (TPSA) is 105 Å². The summed E-state index contributed by atoms with van der Waals surface area (Å²) >= 11 is 0. The van der Waals surface area contributed by atoms with Gasteiger partial charge in [-0.05, 0) is 101 Å². The van der Waals surface area contributed by atoms with Gasteiger partial charge in [0.2, 0.25) is 0 Å². The average Bonchev–Trinajstić information content (AvgIpc) is 2.92. The van der Waals surface area contributed by atoms with Gasteiger partial charge in [0, 0.05) is 34.4 Å². The summed E-state index contributed by atoms with van der Waals surface area (Å²) in [5.41, 5.74) is 2.70. The minimum atomic E-state index is -0.580. The lowest BCUT2D eigenvalue weighted by Crippen LogP contribution is -2.15. The van der Waals surface area contributed by atoms with Crippen molar-refractivity contribution in [2.75, 3.05) is 0 Å². The van der Waals surface area contributed by atoms with E-state index >= 15 is 0 Å². The highest BCUT2D eigenvalue weighted by atomic mass is 16.6. The SMILES string of the molecule is C=C(C)C(=O)Oc1cc(OC(=O)C(=C)C)cc(C2CCC(c3cc(OC(=O)C(=C)C)cc(OC(=O)C(=C)C)c3)CC2)c1. The van der Waals surface area contributed by atoms with Crippen molar-refractivity contribution in [1.29, 1.82) is 0 Å². The molecule has 0 aliphatic heterocycles. The fraction of sp³-hybridized carbons (Fsp3) is 0.294. The minimum absolute atomic E-state index is 0.0946. The van der Waals surface area contributed by atoms with Gasteiger partial charge in [0.1, 0.15) is 23.0 Å². The summed E-state index contributed by atoms with van der Waals surface area (Å²) in [5.74, 6) is -1.12. The van der Waals surface area contributed by atoms with Crippen molar-refractivity contribution in [2.45, 2.75) is 65.2 Å². The Labute approximate surface area is 246 Å². The molecule has 0 radical (unpaired) electrons. The summed E-state index contributed by atoms with van der Waals surface area (Å²) in [6.07, 6.45) is 3.08. The zero-order valence-electron chi connectivity index (χ0n) is 24.5. The third-order valence-corrected chi connectivity index (χ3v) is 6.71. The van der Waals surface area contributed by atoms with E-state index in [1.165, 1.54) is 12.1 Å². The van der Waals surface area contributed by atoms with E-state index in [0.717, 1.165) is 36.8 Å². The zero-order valence-corrected chi connectivity index (χ0v) is 24.5. The van der Waals surface area contributed by atoms with Gasteiger partial charge >= 0.3 is 23.9 Å². The first kappa shape index (κ1) is 31.8. The van der Waals surface area contributed by atoms with Gasteiger partial charge in [0.25, 0.3) is 0 Å². The summed E-state index contributed by atoms with van der Waals surface area (Å²) in [5, 5.41) is 0. The Morgan fingerprint density at radius 1 is 0.476 bits per heavy atom. The van der Waals surface area contributed by atoms with Crippen LogP contribution in [-0.4, -0.2) is 23.9 Å². The monoisotopic (exact) mass is 572 g/mol. The molecule has 0 N–H and O–H groups in total. The van der Waals surface area contributed by atoms with Crippen LogP contribution in [-0.2, 0) is 19.2 Å². The van der Waals surface area contributed by atoms with Gasteiger partial charge in [-0.2, -0.15) is 0 Å². The molecule has 8 heteroatoms. The van der Waals surface area contributed by atoms with E-state index in [9.17, 15) is 19.2 Å². The third kappa shape index (κ3) is 8.64. The minimum Gasteiger partial charge on any atom is -0.423 e. The fourth-order valence-corrected chi connectivity index (χ4v) is 4.43. The van der Waals surface area contributed by atoms with Crippen LogP contribution in [0.15, 0.2) is 85.0 Å². The number of hydrogen-bond donors (Lipinski definition) is 0. The van der Waals surface area contributed by atoms with E-state index in [1.54, 1.807) is 52.0 Å². The highest BCUT2D eigenvalue weighted by Gasteiger charge is 2.26. The first-order valence-electron chi connectivity index (χ1n) is 13.5. The Kier molecular flexibility index (Phi) is 10.4. The molecule has 1 aliphatic carbocycles. The van der Waals surface area contributed by atoms with Crippen molar-refractivity contribution in [3.05, 3.63) is 96.1 Å². The van der Waals surface area contributed by atoms with Crippen molar-refractivity contribution < 1.29 is 38.1 Å². The zero-order chi connectivity index (χ0) is 31.1. The normalized spacial score (nSPS) is 16.0. The molecule has 2 aromatic carbocycles. The number of ether oxygens (including phenoxy) is 4. The van der Waals surface area contributed by atoms with Gasteiger partial charge < -0.3 is 18.9 Å². The molecule has 0 amide bonds. The predicted molar refractivity (Wildman–Crippen MR) is 159 cm³/mol. The standard InChI is InChI=1S/C34H36O8/c1-19(2)31(35)39-27-13-25(14-28(17-27)40-32(36)20(3)4)23-9-11-24(12-10-23)26-15-29(41-33(37)21(5)6)18-30(16-26)42-34(38)22(7)8/h13-18,23-24H,1,3,5,7,9-12H2,2,4,6,8H3. The number of carbonyl (C=O) groups excluding carboxylic acids is 4. The van der Waals surface area contributed by atoms with Crippen molar-refractivity contribution in [3.63, 3.8) is 0 Å². The predicted octanol–water partition coefficient (Wildman–Crippen LogP) is 7.05. The summed E-state index contributed by atoms with van der Waals surface area (Å²) in [4.78, 5) is 48.8. The van der Waals surface area contributed by atoms with Crippen LogP contribution in [0.3, 0.4) is 0 Å². The molecular formula is C34H36O8. The third-order valence-electron chi connectivity index (χ3n) is 6.71. The van der Waals surface area contributed by atoms with Gasteiger partial charge in [-0.3, -0.25) is 0 Å². The molecular weight excluding hydrogens is 536 g/mol. The maximum absolute atomic E-state index is 12.2. The van der Waals surface area contributed by atoms with E-state index in [4.69, 9.17) is 18.9 Å². The molecule has 2 aromatic rings. The number of rotatable bonds is 10. The van der Waals surface area contributed by atoms with Gasteiger partial charge in [-0.1, -0.05) is 26.3 Å². The average molecular weight is 573 g/mol. The summed E-state index contributed by atoms with van der Waals surface area (Å²) < 4.78 is 21.8. The smallest absolute Gasteiger partial charge is 0.338 e. The molecule has 0 unspecified atom stereocenters. The lowest BCUT2D eigenvalue weighted by molar-refractivity contribution is -0.131. The van der Waals surface area contributed by atoms with Gasteiger partial charge in [-0.15, -0.1) is 0 Å². The van der Waals surface area contributed by atoms with Gasteiger partial charge in [0.05, 0.1) is 0 Å². The van der Waals surface area contributed by atoms with Gasteiger partial charge in [0.15, 0.2) is 0 Å². The van der Waals surface area contributed by atoms with Crippen molar-refractivity contribution in [2.24, 2.45) is 0 Å². The highest BCUT2D eigenvalue weighted by Crippen LogP contribution is 2.43. The fourth-order valence-electron chi connectivity index (χ4n) is 4.43. The molecule has 1 saturated carbocycles. The van der Waals surface area contributed by atoms with Crippen molar-refractivity contribution in [3.8, 4) is 23.0 Å². The number of benzene rings is 2. The van der Waals surface area contributed by atoms with E-state index in [2.05, 4.69) is 26.3 Å². The Balaban J connectivity index is 1.86. The maximum Gasteiger partial charge on any atom is 0.338 e. The van der Waals surface area contributed by atoms with Crippen LogP contribution in [0.25, 0.3) is 0 Å². The van der Waals surface area contributed by atoms with Crippen LogP contribution >= 0.6 is 0 Å². The van der Waals surface area contributed by atoms with Gasteiger partial charge in [-0.25, -0.2) is 19.2 Å². The van der Waals surface area contributed by atoms with Crippen LogP contribution in [0.5, 0.6) is 23.0 Å². The molecule has 8 nitrogen and oxygen atoms in total. The summed E-state index contributed by atoms with van der Waals surface area (Å²) in [7, 11) is 0. The molecule has 1 fully saturated rings. The molecule has 0 aromatic heterocycles. The lowest BCUT2D eigenvalue weighted by Gasteiger charge is -2.30. The van der Waals surface area contributed by atoms with Crippen LogP contribution in [0.4, 0.5) is 0 Å². The number of hydrogen-bond acceptors (Lipinski definition) is 8. The first-order chi connectivity index (χ1) is 19.7. The van der Waals surface area contributed by atoms with Crippen LogP contribution in [0.2, 0.25) is 0 Å². The molecule has 0 heterocycles. The Hall–Kier alpha value is -4.72. The second-order valence-corrected chi connectivity index (χ2v) is 10.7. The molecule has 0 bridgehead atoms. The first-order valence-corrected chi connectivity index (χ1v) is 13.5. The highest BCUT2D eigenvalue weighted by molar-refractivity contribution is 5.91. The molecule has 0 saturated heterocycles. The molecule has 0 atom stereocenters.